The topological polar surface area (TPSA) is 126 Å². The van der Waals surface area contributed by atoms with Crippen molar-refractivity contribution in [3.05, 3.63) is 55.5 Å². The Morgan fingerprint density at radius 1 is 1.29 bits per heavy atom. The van der Waals surface area contributed by atoms with Gasteiger partial charge in [-0.3, -0.25) is 14.9 Å². The largest absolute Gasteiger partial charge is 0.462 e. The van der Waals surface area contributed by atoms with Crippen LogP contribution in [0.2, 0.25) is 0 Å². The lowest BCUT2D eigenvalue weighted by atomic mass is 10.1. The monoisotopic (exact) mass is 482 g/mol. The molecule has 1 aromatic carbocycles. The second-order valence-electron chi connectivity index (χ2n) is 7.88. The van der Waals surface area contributed by atoms with Crippen molar-refractivity contribution in [2.75, 3.05) is 29.9 Å². The minimum absolute atomic E-state index is 0.0672. The zero-order chi connectivity index (χ0) is 24.8. The quantitative estimate of drug-likeness (QED) is 0.194. The van der Waals surface area contributed by atoms with E-state index in [1.807, 2.05) is 17.9 Å². The van der Waals surface area contributed by atoms with Gasteiger partial charge in [0.1, 0.15) is 22.3 Å². The molecular formula is C24H26N4O5S. The van der Waals surface area contributed by atoms with Gasteiger partial charge >= 0.3 is 5.97 Å². The zero-order valence-electron chi connectivity index (χ0n) is 19.3. The molecule has 2 heterocycles. The Morgan fingerprint density at radius 3 is 2.62 bits per heavy atom. The van der Waals surface area contributed by atoms with Gasteiger partial charge in [-0.25, -0.2) is 4.79 Å². The lowest BCUT2D eigenvalue weighted by molar-refractivity contribution is -0.384. The van der Waals surface area contributed by atoms with E-state index in [4.69, 9.17) is 4.74 Å². The summed E-state index contributed by atoms with van der Waals surface area (Å²) in [7, 11) is 0. The number of nitro benzene ring substituents is 1. The van der Waals surface area contributed by atoms with E-state index in [9.17, 15) is 25.0 Å². The Bertz CT molecular complexity index is 1190. The van der Waals surface area contributed by atoms with Crippen LogP contribution < -0.4 is 10.2 Å². The highest BCUT2D eigenvalue weighted by Gasteiger charge is 2.24. The smallest absolute Gasteiger partial charge is 0.341 e. The van der Waals surface area contributed by atoms with Crippen LogP contribution in [0.15, 0.2) is 23.8 Å². The van der Waals surface area contributed by atoms with Gasteiger partial charge in [-0.15, -0.1) is 11.3 Å². The Balaban J connectivity index is 1.90. The minimum Gasteiger partial charge on any atom is -0.462 e. The van der Waals surface area contributed by atoms with Crippen molar-refractivity contribution >= 4 is 45.7 Å². The number of nitro groups is 1. The highest BCUT2D eigenvalue weighted by molar-refractivity contribution is 7.16. The van der Waals surface area contributed by atoms with E-state index >= 15 is 0 Å². The molecular weight excluding hydrogens is 456 g/mol. The zero-order valence-corrected chi connectivity index (χ0v) is 20.2. The van der Waals surface area contributed by atoms with Gasteiger partial charge in [-0.1, -0.05) is 6.07 Å². The Hall–Kier alpha value is -3.71. The average molecular weight is 483 g/mol. The molecule has 1 N–H and O–H groups in total. The summed E-state index contributed by atoms with van der Waals surface area (Å²) in [6.07, 6.45) is 4.37. The fourth-order valence-corrected chi connectivity index (χ4v) is 4.87. The number of piperidine rings is 1. The fraction of sp³-hybridized carbons (Fsp3) is 0.375. The number of carbonyl (C=O) groups excluding carboxylic acids is 2. The highest BCUT2D eigenvalue weighted by atomic mass is 32.1. The third-order valence-corrected chi connectivity index (χ3v) is 6.78. The maximum absolute atomic E-state index is 12.8. The van der Waals surface area contributed by atoms with Crippen molar-refractivity contribution in [2.45, 2.75) is 40.0 Å². The molecule has 3 rings (SSSR count). The van der Waals surface area contributed by atoms with Crippen LogP contribution in [-0.4, -0.2) is 36.5 Å². The number of rotatable bonds is 7. The summed E-state index contributed by atoms with van der Waals surface area (Å²) in [5.74, 6) is -1.26. The first-order chi connectivity index (χ1) is 16.3. The Labute approximate surface area is 201 Å². The molecule has 34 heavy (non-hydrogen) atoms. The highest BCUT2D eigenvalue weighted by Crippen LogP contribution is 2.34. The maximum atomic E-state index is 12.8. The van der Waals surface area contributed by atoms with Gasteiger partial charge in [-0.2, -0.15) is 5.26 Å². The van der Waals surface area contributed by atoms with Crippen molar-refractivity contribution < 1.29 is 19.2 Å². The molecule has 1 aliphatic heterocycles. The number of ether oxygens (including phenoxy) is 1. The normalized spacial score (nSPS) is 13.8. The average Bonchev–Trinajstić information content (AvgIpc) is 3.10. The summed E-state index contributed by atoms with van der Waals surface area (Å²) >= 11 is 1.22. The van der Waals surface area contributed by atoms with Crippen LogP contribution in [0.4, 0.5) is 16.4 Å². The van der Waals surface area contributed by atoms with Crippen molar-refractivity contribution in [1.82, 2.24) is 0 Å². The molecule has 10 heteroatoms. The Morgan fingerprint density at radius 2 is 2.00 bits per heavy atom. The standard InChI is InChI=1S/C24H26N4O5S/c1-4-33-24(30)21-15(2)16(3)34-23(21)26-22(29)18(14-25)12-17-8-9-19(20(13-17)28(31)32)27-10-6-5-7-11-27/h8-9,12-13H,4-7,10-11H2,1-3H3,(H,26,29). The van der Waals surface area contributed by atoms with Crippen molar-refractivity contribution in [3.8, 4) is 6.07 Å². The van der Waals surface area contributed by atoms with E-state index < -0.39 is 16.8 Å². The third-order valence-electron chi connectivity index (χ3n) is 5.66. The number of hydrogen-bond acceptors (Lipinski definition) is 8. The van der Waals surface area contributed by atoms with E-state index in [2.05, 4.69) is 5.32 Å². The third kappa shape index (κ3) is 5.43. The lowest BCUT2D eigenvalue weighted by Gasteiger charge is -2.28. The molecule has 1 aromatic heterocycles. The van der Waals surface area contributed by atoms with Gasteiger partial charge in [0.15, 0.2) is 0 Å². The van der Waals surface area contributed by atoms with Gasteiger partial charge in [0.05, 0.1) is 17.1 Å². The molecule has 1 aliphatic rings. The summed E-state index contributed by atoms with van der Waals surface area (Å²) in [6.45, 7) is 6.97. The first-order valence-corrected chi connectivity index (χ1v) is 11.8. The van der Waals surface area contributed by atoms with Crippen molar-refractivity contribution in [2.24, 2.45) is 0 Å². The van der Waals surface area contributed by atoms with E-state index in [1.165, 1.54) is 23.5 Å². The fourth-order valence-electron chi connectivity index (χ4n) is 3.83. The number of thiophene rings is 1. The Kier molecular flexibility index (Phi) is 8.02. The first kappa shape index (κ1) is 24.9. The van der Waals surface area contributed by atoms with Crippen LogP contribution in [-0.2, 0) is 9.53 Å². The van der Waals surface area contributed by atoms with E-state index in [1.54, 1.807) is 26.0 Å². The van der Waals surface area contributed by atoms with Gasteiger partial charge in [0.2, 0.25) is 0 Å². The number of amides is 1. The molecule has 2 aromatic rings. The molecule has 0 aliphatic carbocycles. The first-order valence-electron chi connectivity index (χ1n) is 11.0. The maximum Gasteiger partial charge on any atom is 0.341 e. The van der Waals surface area contributed by atoms with E-state index in [-0.39, 0.29) is 23.4 Å². The van der Waals surface area contributed by atoms with Gasteiger partial charge < -0.3 is 15.0 Å². The van der Waals surface area contributed by atoms with Crippen LogP contribution in [0.25, 0.3) is 6.08 Å². The molecule has 9 nitrogen and oxygen atoms in total. The van der Waals surface area contributed by atoms with Crippen LogP contribution in [0.1, 0.15) is 52.5 Å². The molecule has 0 saturated carbocycles. The van der Waals surface area contributed by atoms with Crippen LogP contribution in [0, 0.1) is 35.3 Å². The number of nitriles is 1. The molecule has 0 bridgehead atoms. The number of nitrogens with one attached hydrogen (secondary N) is 1. The number of aryl methyl sites for hydroxylation is 1. The van der Waals surface area contributed by atoms with Gasteiger partial charge in [-0.05, 0) is 63.3 Å². The summed E-state index contributed by atoms with van der Waals surface area (Å²) in [6, 6.07) is 6.54. The summed E-state index contributed by atoms with van der Waals surface area (Å²) in [5, 5.41) is 24.2. The SMILES string of the molecule is CCOC(=O)c1c(NC(=O)C(C#N)=Cc2ccc(N3CCCCC3)c([N+](=O)[O-])c2)sc(C)c1C. The number of anilines is 2. The summed E-state index contributed by atoms with van der Waals surface area (Å²) in [5.41, 5.74) is 1.56. The number of carbonyl (C=O) groups is 2. The van der Waals surface area contributed by atoms with Gasteiger partial charge in [0.25, 0.3) is 11.6 Å². The molecule has 0 radical (unpaired) electrons. The van der Waals surface area contributed by atoms with Crippen LogP contribution >= 0.6 is 11.3 Å². The summed E-state index contributed by atoms with van der Waals surface area (Å²) in [4.78, 5) is 39.3. The van der Waals surface area contributed by atoms with Crippen molar-refractivity contribution in [3.63, 3.8) is 0 Å². The predicted molar refractivity (Wildman–Crippen MR) is 131 cm³/mol. The lowest BCUT2D eigenvalue weighted by Crippen LogP contribution is -2.29. The van der Waals surface area contributed by atoms with Crippen LogP contribution in [0.5, 0.6) is 0 Å². The molecule has 1 fully saturated rings. The molecule has 1 amide bonds. The van der Waals surface area contributed by atoms with E-state index in [0.717, 1.165) is 37.2 Å². The number of benzene rings is 1. The molecule has 0 atom stereocenters. The second kappa shape index (κ2) is 10.9. The molecule has 0 spiro atoms. The molecule has 0 unspecified atom stereocenters. The number of hydrogen-bond donors (Lipinski definition) is 1. The molecule has 1 saturated heterocycles. The summed E-state index contributed by atoms with van der Waals surface area (Å²) < 4.78 is 5.09. The predicted octanol–water partition coefficient (Wildman–Crippen LogP) is 4.99. The second-order valence-corrected chi connectivity index (χ2v) is 9.11. The van der Waals surface area contributed by atoms with Crippen molar-refractivity contribution in [1.29, 1.82) is 5.26 Å². The van der Waals surface area contributed by atoms with Crippen LogP contribution in [0.3, 0.4) is 0 Å². The number of nitrogens with zero attached hydrogens (tertiary/aromatic N) is 3. The van der Waals surface area contributed by atoms with E-state index in [0.29, 0.717) is 21.8 Å². The molecule has 178 valence electrons. The number of esters is 1. The minimum atomic E-state index is -0.711. The van der Waals surface area contributed by atoms with Gasteiger partial charge in [0, 0.05) is 24.0 Å².